The normalized spacial score (nSPS) is 24.7. The van der Waals surface area contributed by atoms with Crippen LogP contribution in [0.4, 0.5) is 0 Å². The minimum Gasteiger partial charge on any atom is -0.508 e. The van der Waals surface area contributed by atoms with Gasteiger partial charge in [-0.3, -0.25) is 24.0 Å². The lowest BCUT2D eigenvalue weighted by Crippen LogP contribution is -2.40. The van der Waals surface area contributed by atoms with Crippen molar-refractivity contribution in [3.05, 3.63) is 197 Å². The first kappa shape index (κ1) is 121. The van der Waals surface area contributed by atoms with Crippen LogP contribution >= 0.6 is 11.8 Å². The quantitative estimate of drug-likeness (QED) is 0.0279. The van der Waals surface area contributed by atoms with Crippen LogP contribution in [0.25, 0.3) is 0 Å². The minimum atomic E-state index is -1.13. The maximum Gasteiger partial charge on any atom is 0.229 e. The number of aliphatic hydroxyl groups excluding tert-OH is 7. The van der Waals surface area contributed by atoms with Crippen molar-refractivity contribution < 1.29 is 92.9 Å². The van der Waals surface area contributed by atoms with Crippen LogP contribution in [0.5, 0.6) is 0 Å². The summed E-state index contributed by atoms with van der Waals surface area (Å²) in [4.78, 5) is 62.3. The fraction of sp³-hybridized carbons (Fsp3) is 0.649. The summed E-state index contributed by atoms with van der Waals surface area (Å²) in [6.45, 7) is 50.2. The third kappa shape index (κ3) is 42.0. The van der Waals surface area contributed by atoms with Crippen molar-refractivity contribution in [3.8, 4) is 0 Å². The summed E-state index contributed by atoms with van der Waals surface area (Å²) in [6.07, 6.45) is 47.8. The van der Waals surface area contributed by atoms with Gasteiger partial charge in [-0.2, -0.15) is 0 Å². The van der Waals surface area contributed by atoms with Crippen LogP contribution in [-0.4, -0.2) is 151 Å². The number of Topliss-reactive ketones (excluding diaryl/α,β-unsaturated/α-hetero) is 5. The number of aliphatic hydroxyl groups is 7. The Balaban J connectivity index is 0.000000822. The molecule has 0 saturated heterocycles. The molecule has 0 bridgehead atoms. The molecule has 0 aromatic carbocycles. The Labute approximate surface area is 796 Å². The smallest absolute Gasteiger partial charge is 0.229 e. The lowest BCUT2D eigenvalue weighted by Gasteiger charge is -2.34. The van der Waals surface area contributed by atoms with Crippen molar-refractivity contribution >= 4 is 40.7 Å². The molecule has 0 radical (unpaired) electrons. The average Bonchev–Trinajstić information content (AvgIpc) is 0.807. The summed E-state index contributed by atoms with van der Waals surface area (Å²) in [5, 5.41) is 72.6. The van der Waals surface area contributed by atoms with Crippen molar-refractivity contribution in [3.63, 3.8) is 0 Å². The van der Waals surface area contributed by atoms with Crippen LogP contribution in [0.1, 0.15) is 320 Å². The summed E-state index contributed by atoms with van der Waals surface area (Å²) in [5.74, 6) is -3.16. The van der Waals surface area contributed by atoms with Crippen LogP contribution in [0.15, 0.2) is 197 Å². The summed E-state index contributed by atoms with van der Waals surface area (Å²) >= 11 is 1.41. The highest BCUT2D eigenvalue weighted by atomic mass is 32.2. The molecule has 0 fully saturated rings. The average molecular weight is 1850 g/mol. The molecule has 19 nitrogen and oxygen atoms in total. The highest BCUT2D eigenvalue weighted by Gasteiger charge is 2.46. The van der Waals surface area contributed by atoms with Gasteiger partial charge in [0.15, 0.2) is 28.8 Å². The molecule has 5 aliphatic carbocycles. The van der Waals surface area contributed by atoms with Crippen LogP contribution in [0, 0.1) is 64.6 Å². The zero-order valence-electron chi connectivity index (χ0n) is 87.0. The van der Waals surface area contributed by atoms with E-state index >= 15 is 0 Å². The van der Waals surface area contributed by atoms with Gasteiger partial charge in [-0.05, 0) is 263 Å². The van der Waals surface area contributed by atoms with Gasteiger partial charge in [-0.25, -0.2) is 0 Å². The van der Waals surface area contributed by atoms with Crippen molar-refractivity contribution in [2.45, 2.75) is 351 Å². The molecule has 0 saturated carbocycles. The highest BCUT2D eigenvalue weighted by molar-refractivity contribution is 8.02. The van der Waals surface area contributed by atoms with E-state index in [9.17, 15) is 59.7 Å². The molecule has 0 aliphatic heterocycles. The first-order valence-corrected chi connectivity index (χ1v) is 49.1. The molecule has 0 spiro atoms. The van der Waals surface area contributed by atoms with E-state index < -0.39 is 48.0 Å². The molecular formula is C111H178O19S. The number of methoxy groups -OCH3 is 7. The summed E-state index contributed by atoms with van der Waals surface area (Å²) in [5.41, 5.74) is 16.6. The Morgan fingerprint density at radius 1 is 0.313 bits per heavy atom. The number of hydrogen-bond acceptors (Lipinski definition) is 20. The predicted octanol–water partition coefficient (Wildman–Crippen LogP) is 25.8. The summed E-state index contributed by atoms with van der Waals surface area (Å²) < 4.78 is 35.9. The third-order valence-electron chi connectivity index (χ3n) is 25.9. The van der Waals surface area contributed by atoms with Gasteiger partial charge in [0, 0.05) is 59.2 Å². The van der Waals surface area contributed by atoms with E-state index in [1.165, 1.54) is 148 Å². The monoisotopic (exact) mass is 1850 g/mol. The van der Waals surface area contributed by atoms with Crippen LogP contribution in [-0.2, 0) is 57.1 Å². The van der Waals surface area contributed by atoms with Gasteiger partial charge in [-0.1, -0.05) is 209 Å². The van der Waals surface area contributed by atoms with E-state index in [1.54, 1.807) is 6.92 Å². The first-order valence-electron chi connectivity index (χ1n) is 47.9. The van der Waals surface area contributed by atoms with Crippen LogP contribution < -0.4 is 0 Å². The summed E-state index contributed by atoms with van der Waals surface area (Å²) in [7, 11) is 9.99. The number of hydrogen-bond donors (Lipinski definition) is 7. The van der Waals surface area contributed by atoms with Crippen molar-refractivity contribution in [1.82, 2.24) is 0 Å². The van der Waals surface area contributed by atoms with Gasteiger partial charge >= 0.3 is 0 Å². The number of rotatable bonds is 44. The van der Waals surface area contributed by atoms with E-state index in [2.05, 4.69) is 204 Å². The van der Waals surface area contributed by atoms with E-state index in [0.717, 1.165) is 103 Å². The number of ketones is 5. The van der Waals surface area contributed by atoms with Crippen molar-refractivity contribution in [2.75, 3.05) is 56.0 Å². The van der Waals surface area contributed by atoms with Gasteiger partial charge in [-0.15, -0.1) is 11.8 Å². The number of carbonyl (C=O) groups is 5. The van der Waals surface area contributed by atoms with E-state index in [1.807, 2.05) is 34.0 Å². The maximum atomic E-state index is 12.6. The fourth-order valence-electron chi connectivity index (χ4n) is 16.8. The van der Waals surface area contributed by atoms with Crippen LogP contribution in [0.3, 0.4) is 0 Å². The highest BCUT2D eigenvalue weighted by Crippen LogP contribution is 2.42. The molecular weight excluding hydrogens is 1670 g/mol. The molecule has 0 aromatic rings. The largest absolute Gasteiger partial charge is 0.508 e. The minimum absolute atomic E-state index is 0.00290. The molecule has 131 heavy (non-hydrogen) atoms. The fourth-order valence-corrected chi connectivity index (χ4v) is 17.6. The number of thioether (sulfide) groups is 1. The lowest BCUT2D eigenvalue weighted by molar-refractivity contribution is -0.132. The van der Waals surface area contributed by atoms with Crippen molar-refractivity contribution in [1.29, 1.82) is 0 Å². The Morgan fingerprint density at radius 3 is 0.855 bits per heavy atom. The second kappa shape index (κ2) is 63.5. The molecule has 0 amide bonds. The van der Waals surface area contributed by atoms with Crippen LogP contribution in [0.2, 0.25) is 0 Å². The maximum absolute atomic E-state index is 12.6. The second-order valence-corrected chi connectivity index (χ2v) is 39.7. The molecule has 15 unspecified atom stereocenters. The molecule has 20 heteroatoms. The second-order valence-electron chi connectivity index (χ2n) is 38.9. The zero-order chi connectivity index (χ0) is 99.9. The third-order valence-corrected chi connectivity index (χ3v) is 26.7. The SMILES string of the molecule is CCC/C(C)=C/CC1C(C)C(=O)C(OC)=C(OC)C1O.COC1=C(O)C(=O)C(C)C(C/C=C(\C)CC/C=C(\C)CCC=C(C)C)C1O.COC1=C(O)C(C)C(C/C=C(\C)CC/C=C(\C)CCC=C(C)C)C(O)C1=O.COC1=C(OC)C(O)C(C/C=C(\C)CC/C=C(\C)CCCC(C)(C)C)C(C)C1=O.COC1=C(SC)C(O)C(C/C=C(\C)CC/C=C(\C)CCC=C(C)C)C(C)C1=O. The topological polar surface area (TPSA) is 292 Å². The van der Waals surface area contributed by atoms with E-state index in [0.29, 0.717) is 48.2 Å². The van der Waals surface area contributed by atoms with Gasteiger partial charge in [0.05, 0.1) is 60.8 Å². The molecule has 15 atom stereocenters. The van der Waals surface area contributed by atoms with Gasteiger partial charge in [0.25, 0.3) is 0 Å². The Morgan fingerprint density at radius 2 is 0.573 bits per heavy atom. The molecule has 7 N–H and O–H groups in total. The molecule has 0 heterocycles. The number of carbonyl (C=O) groups excluding carboxylic acids is 5. The molecule has 5 aliphatic rings. The molecule has 5 rings (SSSR count). The van der Waals surface area contributed by atoms with E-state index in [4.69, 9.17) is 33.2 Å². The van der Waals surface area contributed by atoms with Crippen molar-refractivity contribution in [2.24, 2.45) is 64.6 Å². The number of ether oxygens (including phenoxy) is 7. The predicted molar refractivity (Wildman–Crippen MR) is 539 cm³/mol. The first-order chi connectivity index (χ1) is 61.6. The van der Waals surface area contributed by atoms with E-state index in [-0.39, 0.29) is 117 Å². The Hall–Kier alpha value is -7.72. The van der Waals surface area contributed by atoms with Gasteiger partial charge in [0.1, 0.15) is 30.2 Å². The molecule has 742 valence electrons. The Bertz CT molecular complexity index is 4180. The Kier molecular flexibility index (Phi) is 58.8. The zero-order valence-corrected chi connectivity index (χ0v) is 87.8. The van der Waals surface area contributed by atoms with Gasteiger partial charge in [0.2, 0.25) is 46.2 Å². The molecule has 0 aromatic heterocycles. The summed E-state index contributed by atoms with van der Waals surface area (Å²) in [6, 6.07) is 0. The lowest BCUT2D eigenvalue weighted by atomic mass is 9.77. The number of allylic oxidation sites excluding steroid dienone is 29. The standard InChI is InChI=1S/C25H42O4.C24H38O3S.2C23H36O4.C16H26O4/c1-17(13-10-16-25(4,5)6)11-9-12-18(2)14-15-20-19(3)21(26)23(28-7)24(29-8)22(20)27;1-16(2)10-8-11-17(3)12-9-13-18(4)14-15-20-19(5)21(25)23(27-6)24(28-7)22(20)26;1-15(2)9-7-10-16(3)11-8-12-17(4)13-14-19-18(5)20(24)23(27-6)22(26)21(19)25;1-15(2)9-7-10-16(3)11-8-12-17(4)13-14-19-18(5)20(24)22(26)23(27-6)21(19)25;1-6-7-10(2)8-9-12-11(3)13(17)15(19-4)16(20-5)14(12)18/h11,14,19-20,22,27H,9-10,12-13,15-16H2,1-8H3;10,12,14,19-20,22,26H,8-9,11,13,15H2,1-7H3;9,11,13,18-19,21,24-25H,7-8,10,12,14H2,1-6H3;9,11,13,18-19,21,25-26H,7-8,10,12,14H2,1-6H3;8,11-12,14,18H,6-7,9H2,1-5H3/b17-11+,18-14+;17-12+,18-14+;2*16-11+,17-13+;10-8+. The van der Waals surface area contributed by atoms with Gasteiger partial charge < -0.3 is 68.9 Å².